The van der Waals surface area contributed by atoms with Crippen LogP contribution in [0.2, 0.25) is 0 Å². The van der Waals surface area contributed by atoms with Crippen molar-refractivity contribution in [2.45, 2.75) is 13.8 Å². The smallest absolute Gasteiger partial charge is 0.168 e. The first-order chi connectivity index (χ1) is 3.18. The lowest BCUT2D eigenvalue weighted by Gasteiger charge is -1.77. The third-order valence-electron chi connectivity index (χ3n) is 0.621. The molecule has 0 N–H and O–H groups in total. The van der Waals surface area contributed by atoms with Crippen molar-refractivity contribution in [1.29, 1.82) is 0 Å². The minimum atomic E-state index is -0.139. The zero-order chi connectivity index (χ0) is 5.86. The van der Waals surface area contributed by atoms with E-state index in [4.69, 9.17) is 0 Å². The van der Waals surface area contributed by atoms with E-state index >= 15 is 0 Å². The second-order valence-corrected chi connectivity index (χ2v) is 1.97. The molecule has 0 bridgehead atoms. The van der Waals surface area contributed by atoms with Crippen LogP contribution in [0, 0.1) is 0 Å². The van der Waals surface area contributed by atoms with Crippen molar-refractivity contribution in [3.05, 3.63) is 0 Å². The van der Waals surface area contributed by atoms with Crippen LogP contribution in [0.3, 0.4) is 0 Å². The topological polar surface area (TPSA) is 34.1 Å². The van der Waals surface area contributed by atoms with Crippen molar-refractivity contribution >= 4 is 21.9 Å². The maximum Gasteiger partial charge on any atom is 0.168 e. The summed E-state index contributed by atoms with van der Waals surface area (Å²) in [5, 5.41) is 0. The van der Waals surface area contributed by atoms with E-state index in [1.807, 2.05) is 0 Å². The largest absolute Gasteiger partial charge is 0.294 e. The highest BCUT2D eigenvalue weighted by Crippen LogP contribution is 1.69. The molecule has 0 fully saturated rings. The van der Waals surface area contributed by atoms with E-state index < -0.39 is 0 Å². The summed E-state index contributed by atoms with van der Waals surface area (Å²) in [6.07, 6.45) is 0. The molecule has 0 unspecified atom stereocenters. The van der Waals surface area contributed by atoms with Crippen molar-refractivity contribution in [3.63, 3.8) is 0 Å². The Kier molecular flexibility index (Phi) is 2.52. The molecule has 0 atom stereocenters. The number of hydrogen-bond acceptors (Lipinski definition) is 2. The monoisotopic (exact) mass is 118 g/mol. The maximum absolute atomic E-state index is 10.1. The number of ketones is 1. The zero-order valence-corrected chi connectivity index (χ0v) is 5.04. The molecule has 0 aliphatic heterocycles. The predicted octanol–water partition coefficient (Wildman–Crippen LogP) is -0.0193. The minimum absolute atomic E-state index is 0.139. The molecule has 2 nitrogen and oxygen atoms in total. The Labute approximate surface area is 45.6 Å². The number of hydrogen-bond donors (Lipinski definition) is 0. The predicted molar refractivity (Wildman–Crippen MR) is 29.5 cm³/mol. The van der Waals surface area contributed by atoms with Gasteiger partial charge in [-0.05, 0) is 13.8 Å². The van der Waals surface area contributed by atoms with Gasteiger partial charge in [0.15, 0.2) is 5.78 Å². The lowest BCUT2D eigenvalue weighted by molar-refractivity contribution is -0.110. The van der Waals surface area contributed by atoms with E-state index in [0.717, 1.165) is 0 Å². The Morgan fingerprint density at radius 3 is 1.86 bits per heavy atom. The van der Waals surface area contributed by atoms with E-state index in [2.05, 4.69) is 0 Å². The van der Waals surface area contributed by atoms with Gasteiger partial charge < -0.3 is 0 Å². The number of Topliss-reactive ketones (excluding diaryl/α,β-unsaturated/α-hetero) is 1. The molecule has 7 heavy (non-hydrogen) atoms. The summed E-state index contributed by atoms with van der Waals surface area (Å²) in [5.41, 5.74) is 0. The van der Waals surface area contributed by atoms with Gasteiger partial charge in [0.25, 0.3) is 0 Å². The third kappa shape index (κ3) is 2.28. The second-order valence-electron chi connectivity index (χ2n) is 1.20. The molecule has 0 saturated carbocycles. The lowest BCUT2D eigenvalue weighted by atomic mass is 10.4. The van der Waals surface area contributed by atoms with E-state index in [0.29, 0.717) is 4.86 Å². The van der Waals surface area contributed by atoms with Crippen LogP contribution in [0.1, 0.15) is 13.8 Å². The number of rotatable bonds is 1. The fraction of sp³-hybridized carbons (Fsp3) is 0.500. The SMILES string of the molecule is CC(=O)C(C)=S=O. The van der Waals surface area contributed by atoms with Gasteiger partial charge in [0.1, 0.15) is 0 Å². The van der Waals surface area contributed by atoms with Gasteiger partial charge in [-0.15, -0.1) is 0 Å². The van der Waals surface area contributed by atoms with E-state index in [1.54, 1.807) is 0 Å². The van der Waals surface area contributed by atoms with Gasteiger partial charge in [-0.1, -0.05) is 0 Å². The van der Waals surface area contributed by atoms with Crippen LogP contribution in [0.25, 0.3) is 0 Å². The molecule has 3 heteroatoms. The molecule has 0 aliphatic carbocycles. The summed E-state index contributed by atoms with van der Waals surface area (Å²) in [4.78, 5) is 10.4. The molecule has 0 aromatic carbocycles. The highest BCUT2D eigenvalue weighted by Gasteiger charge is 1.92. The average molecular weight is 118 g/mol. The number of carbonyl (C=O) groups is 1. The van der Waals surface area contributed by atoms with Gasteiger partial charge in [0.05, 0.1) is 16.1 Å². The fourth-order valence-electron chi connectivity index (χ4n) is 0.0587. The molecule has 0 rings (SSSR count). The lowest BCUT2D eigenvalue weighted by Crippen LogP contribution is -2.02. The first kappa shape index (κ1) is 6.56. The van der Waals surface area contributed by atoms with Crippen LogP contribution in [0.5, 0.6) is 0 Å². The van der Waals surface area contributed by atoms with Crippen LogP contribution < -0.4 is 0 Å². The Hall–Kier alpha value is -0.440. The van der Waals surface area contributed by atoms with Gasteiger partial charge in [-0.25, -0.2) is 4.21 Å². The van der Waals surface area contributed by atoms with E-state index in [9.17, 15) is 9.00 Å². The van der Waals surface area contributed by atoms with Gasteiger partial charge in [0.2, 0.25) is 0 Å². The van der Waals surface area contributed by atoms with Crippen molar-refractivity contribution in [2.24, 2.45) is 0 Å². The molecule has 0 saturated heterocycles. The molecular formula is C4H6O2S. The van der Waals surface area contributed by atoms with Crippen molar-refractivity contribution in [1.82, 2.24) is 0 Å². The van der Waals surface area contributed by atoms with Gasteiger partial charge in [-0.2, -0.15) is 0 Å². The molecular weight excluding hydrogens is 112 g/mol. The average Bonchev–Trinajstić information content (AvgIpc) is 1.65. The first-order valence-electron chi connectivity index (χ1n) is 1.82. The molecule has 0 aliphatic rings. The molecule has 0 aromatic heterocycles. The second kappa shape index (κ2) is 2.69. The number of carbonyl (C=O) groups excluding carboxylic acids is 1. The standard InChI is InChI=1S/C4H6O2S/c1-3(5)4(2)7-6/h1-2H3. The summed E-state index contributed by atoms with van der Waals surface area (Å²) >= 11 is 0.250. The third-order valence-corrected chi connectivity index (χ3v) is 1.16. The first-order valence-corrected chi connectivity index (χ1v) is 2.57. The van der Waals surface area contributed by atoms with Crippen LogP contribution in [0.4, 0.5) is 0 Å². The quantitative estimate of drug-likeness (QED) is 0.453. The normalized spacial score (nSPS) is 7.71. The van der Waals surface area contributed by atoms with Crippen molar-refractivity contribution < 1.29 is 9.00 Å². The highest BCUT2D eigenvalue weighted by molar-refractivity contribution is 7.68. The van der Waals surface area contributed by atoms with Crippen LogP contribution in [-0.4, -0.2) is 14.9 Å². The molecule has 0 amide bonds. The van der Waals surface area contributed by atoms with Crippen molar-refractivity contribution in [2.75, 3.05) is 0 Å². The molecule has 0 radical (unpaired) electrons. The maximum atomic E-state index is 10.1. The Morgan fingerprint density at radius 1 is 1.43 bits per heavy atom. The van der Waals surface area contributed by atoms with Gasteiger partial charge in [-0.3, -0.25) is 4.79 Å². The summed E-state index contributed by atoms with van der Waals surface area (Å²) in [5.74, 6) is -0.139. The Morgan fingerprint density at radius 2 is 1.86 bits per heavy atom. The van der Waals surface area contributed by atoms with Gasteiger partial charge >= 0.3 is 0 Å². The summed E-state index contributed by atoms with van der Waals surface area (Å²) in [7, 11) is 0. The van der Waals surface area contributed by atoms with E-state index in [1.165, 1.54) is 13.8 Å². The summed E-state index contributed by atoms with van der Waals surface area (Å²) in [6, 6.07) is 0. The fourth-order valence-corrected chi connectivity index (χ4v) is 0.176. The molecule has 0 heterocycles. The molecule has 0 aromatic rings. The Balaban J connectivity index is 4.10. The van der Waals surface area contributed by atoms with Crippen molar-refractivity contribution in [3.8, 4) is 0 Å². The minimum Gasteiger partial charge on any atom is -0.294 e. The van der Waals surface area contributed by atoms with Crippen LogP contribution >= 0.6 is 0 Å². The van der Waals surface area contributed by atoms with Crippen LogP contribution in [0.15, 0.2) is 0 Å². The summed E-state index contributed by atoms with van der Waals surface area (Å²) in [6.45, 7) is 2.89. The Bertz CT molecular complexity index is 133. The van der Waals surface area contributed by atoms with Gasteiger partial charge in [0, 0.05) is 0 Å². The summed E-state index contributed by atoms with van der Waals surface area (Å²) < 4.78 is 9.73. The van der Waals surface area contributed by atoms with Crippen LogP contribution in [-0.2, 0) is 16.1 Å². The van der Waals surface area contributed by atoms with E-state index in [-0.39, 0.29) is 17.0 Å². The molecule has 40 valence electrons. The molecule has 0 spiro atoms. The zero-order valence-electron chi connectivity index (χ0n) is 4.22. The highest BCUT2D eigenvalue weighted by atomic mass is 32.1.